The number of furan rings is 1. The lowest BCUT2D eigenvalue weighted by Gasteiger charge is -2.34. The lowest BCUT2D eigenvalue weighted by atomic mass is 10.2. The first-order chi connectivity index (χ1) is 14.1. The Morgan fingerprint density at radius 2 is 1.55 bits per heavy atom. The normalized spacial score (nSPS) is 17.4. The molecule has 2 fully saturated rings. The molecular weight excluding hydrogens is 372 g/mol. The van der Waals surface area contributed by atoms with Crippen LogP contribution in [-0.4, -0.2) is 64.7 Å². The molecule has 4 rings (SSSR count). The molecule has 1 aliphatic carbocycles. The zero-order valence-electron chi connectivity index (χ0n) is 16.2. The molecule has 8 heteroatoms. The molecule has 0 aromatic carbocycles. The molecule has 1 saturated heterocycles. The summed E-state index contributed by atoms with van der Waals surface area (Å²) >= 11 is 0. The minimum Gasteiger partial charge on any atom is -0.459 e. The minimum absolute atomic E-state index is 0.175. The van der Waals surface area contributed by atoms with E-state index in [1.165, 1.54) is 6.26 Å². The lowest BCUT2D eigenvalue weighted by molar-refractivity contribution is 0.0515. The van der Waals surface area contributed by atoms with Crippen molar-refractivity contribution >= 4 is 17.7 Å². The van der Waals surface area contributed by atoms with Crippen LogP contribution >= 0.6 is 0 Å². The second kappa shape index (κ2) is 8.46. The molecule has 8 nitrogen and oxygen atoms in total. The van der Waals surface area contributed by atoms with Gasteiger partial charge in [0, 0.05) is 32.2 Å². The van der Waals surface area contributed by atoms with E-state index in [1.807, 2.05) is 0 Å². The van der Waals surface area contributed by atoms with Crippen LogP contribution in [0.25, 0.3) is 0 Å². The molecule has 0 radical (unpaired) electrons. The average molecular weight is 396 g/mol. The Balaban J connectivity index is 1.36. The van der Waals surface area contributed by atoms with Gasteiger partial charge in [0.15, 0.2) is 5.76 Å². The van der Waals surface area contributed by atoms with Gasteiger partial charge < -0.3 is 19.5 Å². The Hall–Kier alpha value is -3.16. The standard InChI is InChI=1S/C21H24N4O4/c26-19(22-15-5-1-2-6-15)16-7-3-8-17(23-16)20(27)24-10-12-25(13-11-24)21(28)18-9-4-14-29-18/h3-4,7-9,14-15H,1-2,5-6,10-13H2,(H,22,26). The molecule has 1 aliphatic heterocycles. The summed E-state index contributed by atoms with van der Waals surface area (Å²) in [6, 6.07) is 8.43. The number of amides is 3. The number of piperazine rings is 1. The van der Waals surface area contributed by atoms with Gasteiger partial charge in [-0.3, -0.25) is 14.4 Å². The van der Waals surface area contributed by atoms with Crippen molar-refractivity contribution in [1.82, 2.24) is 20.1 Å². The molecule has 2 aromatic heterocycles. The number of hydrogen-bond acceptors (Lipinski definition) is 5. The Morgan fingerprint density at radius 1 is 0.897 bits per heavy atom. The van der Waals surface area contributed by atoms with E-state index in [9.17, 15) is 14.4 Å². The average Bonchev–Trinajstić information content (AvgIpc) is 3.47. The predicted octanol–water partition coefficient (Wildman–Crippen LogP) is 1.95. The van der Waals surface area contributed by atoms with Crippen LogP contribution in [0, 0.1) is 0 Å². The van der Waals surface area contributed by atoms with Crippen LogP contribution < -0.4 is 5.32 Å². The first-order valence-corrected chi connectivity index (χ1v) is 10.0. The first kappa shape index (κ1) is 19.2. The summed E-state index contributed by atoms with van der Waals surface area (Å²) in [5.74, 6) is -0.343. The summed E-state index contributed by atoms with van der Waals surface area (Å²) in [6.07, 6.45) is 5.71. The van der Waals surface area contributed by atoms with Crippen LogP contribution in [0.4, 0.5) is 0 Å². The van der Waals surface area contributed by atoms with Crippen molar-refractivity contribution < 1.29 is 18.8 Å². The molecule has 0 spiro atoms. The van der Waals surface area contributed by atoms with E-state index in [4.69, 9.17) is 4.42 Å². The molecule has 2 aliphatic rings. The van der Waals surface area contributed by atoms with Crippen LogP contribution in [0.15, 0.2) is 41.0 Å². The van der Waals surface area contributed by atoms with E-state index < -0.39 is 0 Å². The SMILES string of the molecule is O=C(NC1CCCC1)c1cccc(C(=O)N2CCN(C(=O)c3ccco3)CC2)n1. The Kier molecular flexibility index (Phi) is 5.59. The van der Waals surface area contributed by atoms with Gasteiger partial charge in [-0.25, -0.2) is 4.98 Å². The van der Waals surface area contributed by atoms with Gasteiger partial charge in [-0.1, -0.05) is 18.9 Å². The fourth-order valence-corrected chi connectivity index (χ4v) is 3.84. The highest BCUT2D eigenvalue weighted by Gasteiger charge is 2.27. The van der Waals surface area contributed by atoms with Crippen molar-refractivity contribution in [1.29, 1.82) is 0 Å². The molecule has 2 aromatic rings. The van der Waals surface area contributed by atoms with Gasteiger partial charge in [0.1, 0.15) is 11.4 Å². The number of rotatable bonds is 4. The molecule has 0 unspecified atom stereocenters. The topological polar surface area (TPSA) is 95.8 Å². The van der Waals surface area contributed by atoms with Crippen LogP contribution in [0.1, 0.15) is 57.2 Å². The summed E-state index contributed by atoms with van der Waals surface area (Å²) in [7, 11) is 0. The van der Waals surface area contributed by atoms with Crippen molar-refractivity contribution in [3.05, 3.63) is 53.7 Å². The van der Waals surface area contributed by atoms with Crippen molar-refractivity contribution in [3.8, 4) is 0 Å². The molecule has 1 saturated carbocycles. The molecule has 0 bridgehead atoms. The molecule has 3 amide bonds. The van der Waals surface area contributed by atoms with Gasteiger partial charge in [0.2, 0.25) is 0 Å². The van der Waals surface area contributed by atoms with Crippen molar-refractivity contribution in [2.45, 2.75) is 31.7 Å². The summed E-state index contributed by atoms with van der Waals surface area (Å²) in [5.41, 5.74) is 0.504. The van der Waals surface area contributed by atoms with Gasteiger partial charge in [0.25, 0.3) is 17.7 Å². The van der Waals surface area contributed by atoms with E-state index in [0.717, 1.165) is 25.7 Å². The van der Waals surface area contributed by atoms with Gasteiger partial charge in [-0.2, -0.15) is 0 Å². The van der Waals surface area contributed by atoms with Gasteiger partial charge in [0.05, 0.1) is 6.26 Å². The number of nitrogens with one attached hydrogen (secondary N) is 1. The number of carbonyl (C=O) groups excluding carboxylic acids is 3. The summed E-state index contributed by atoms with van der Waals surface area (Å²) in [4.78, 5) is 45.2. The molecule has 3 heterocycles. The second-order valence-electron chi connectivity index (χ2n) is 7.42. The number of carbonyl (C=O) groups is 3. The fourth-order valence-electron chi connectivity index (χ4n) is 3.84. The smallest absolute Gasteiger partial charge is 0.289 e. The lowest BCUT2D eigenvalue weighted by Crippen LogP contribution is -2.50. The van der Waals surface area contributed by atoms with Gasteiger partial charge in [-0.05, 0) is 37.1 Å². The maximum absolute atomic E-state index is 12.8. The Labute approximate surface area is 168 Å². The highest BCUT2D eigenvalue weighted by Crippen LogP contribution is 2.18. The van der Waals surface area contributed by atoms with E-state index in [-0.39, 0.29) is 35.2 Å². The molecule has 1 N–H and O–H groups in total. The predicted molar refractivity (Wildman–Crippen MR) is 104 cm³/mol. The van der Waals surface area contributed by atoms with Crippen LogP contribution in [-0.2, 0) is 0 Å². The quantitative estimate of drug-likeness (QED) is 0.852. The van der Waals surface area contributed by atoms with E-state index in [0.29, 0.717) is 31.9 Å². The maximum atomic E-state index is 12.8. The van der Waals surface area contributed by atoms with E-state index in [1.54, 1.807) is 40.1 Å². The van der Waals surface area contributed by atoms with Gasteiger partial charge >= 0.3 is 0 Å². The highest BCUT2D eigenvalue weighted by molar-refractivity contribution is 5.96. The summed E-state index contributed by atoms with van der Waals surface area (Å²) in [6.45, 7) is 1.66. The van der Waals surface area contributed by atoms with Crippen LogP contribution in [0.2, 0.25) is 0 Å². The maximum Gasteiger partial charge on any atom is 0.289 e. The molecule has 29 heavy (non-hydrogen) atoms. The third-order valence-corrected chi connectivity index (χ3v) is 5.48. The largest absolute Gasteiger partial charge is 0.459 e. The minimum atomic E-state index is -0.236. The monoisotopic (exact) mass is 396 g/mol. The van der Waals surface area contributed by atoms with Crippen molar-refractivity contribution in [2.24, 2.45) is 0 Å². The zero-order chi connectivity index (χ0) is 20.2. The Morgan fingerprint density at radius 3 is 2.21 bits per heavy atom. The summed E-state index contributed by atoms with van der Waals surface area (Å²) in [5, 5.41) is 2.99. The third kappa shape index (κ3) is 4.31. The van der Waals surface area contributed by atoms with Crippen molar-refractivity contribution in [2.75, 3.05) is 26.2 Å². The third-order valence-electron chi connectivity index (χ3n) is 5.48. The van der Waals surface area contributed by atoms with Crippen molar-refractivity contribution in [3.63, 3.8) is 0 Å². The number of hydrogen-bond donors (Lipinski definition) is 1. The molecule has 152 valence electrons. The molecular formula is C21H24N4O4. The second-order valence-corrected chi connectivity index (χ2v) is 7.42. The highest BCUT2D eigenvalue weighted by atomic mass is 16.3. The summed E-state index contributed by atoms with van der Waals surface area (Å²) < 4.78 is 5.16. The van der Waals surface area contributed by atoms with E-state index >= 15 is 0 Å². The first-order valence-electron chi connectivity index (χ1n) is 10.0. The van der Waals surface area contributed by atoms with Crippen LogP contribution in [0.5, 0.6) is 0 Å². The number of aromatic nitrogens is 1. The fraction of sp³-hybridized carbons (Fsp3) is 0.429. The molecule has 0 atom stereocenters. The zero-order valence-corrected chi connectivity index (χ0v) is 16.2. The number of pyridine rings is 1. The van der Waals surface area contributed by atoms with Crippen LogP contribution in [0.3, 0.4) is 0 Å². The number of nitrogens with zero attached hydrogens (tertiary/aromatic N) is 3. The van der Waals surface area contributed by atoms with E-state index in [2.05, 4.69) is 10.3 Å². The Bertz CT molecular complexity index is 882. The van der Waals surface area contributed by atoms with Gasteiger partial charge in [-0.15, -0.1) is 0 Å².